The molecule has 0 aromatic carbocycles. The van der Waals surface area contributed by atoms with Crippen molar-refractivity contribution in [3.05, 3.63) is 48.1 Å². The number of allylic oxidation sites excluding steroid dienone is 7. The van der Waals surface area contributed by atoms with Gasteiger partial charge in [-0.3, -0.25) is 0 Å². The molecule has 0 fully saturated rings. The molecule has 1 aliphatic carbocycles. The molecule has 0 saturated carbocycles. The molecular weight excluding hydrogens is 156 g/mol. The molecule has 70 valence electrons. The molecule has 0 saturated heterocycles. The van der Waals surface area contributed by atoms with Crippen LogP contribution >= 0.6 is 0 Å². The molecule has 0 aliphatic heterocycles. The topological polar surface area (TPSA) is 0 Å². The van der Waals surface area contributed by atoms with Crippen molar-refractivity contribution in [3.63, 3.8) is 0 Å². The van der Waals surface area contributed by atoms with Gasteiger partial charge in [0, 0.05) is 0 Å². The first-order valence-electron chi connectivity index (χ1n) is 4.96. The second-order valence-corrected chi connectivity index (χ2v) is 3.63. The maximum Gasteiger partial charge on any atom is -0.0218 e. The van der Waals surface area contributed by atoms with Crippen molar-refractivity contribution in [1.82, 2.24) is 0 Å². The van der Waals surface area contributed by atoms with Crippen LogP contribution in [0.25, 0.3) is 0 Å². The molecule has 13 heavy (non-hydrogen) atoms. The highest BCUT2D eigenvalue weighted by atomic mass is 14.1. The maximum atomic E-state index is 3.94. The van der Waals surface area contributed by atoms with E-state index in [2.05, 4.69) is 50.8 Å². The summed E-state index contributed by atoms with van der Waals surface area (Å²) in [4.78, 5) is 0. The predicted molar refractivity (Wildman–Crippen MR) is 59.6 cm³/mol. The predicted octanol–water partition coefficient (Wildman–Crippen LogP) is 4.03. The van der Waals surface area contributed by atoms with Crippen LogP contribution in [-0.4, -0.2) is 0 Å². The standard InChI is InChI=1S/C13H18/c1-4-11(2)8-9-13-7-5-6-12(3)10-13/h5,7-10,12H,2,4,6H2,1,3H3. The van der Waals surface area contributed by atoms with Gasteiger partial charge < -0.3 is 0 Å². The van der Waals surface area contributed by atoms with Gasteiger partial charge in [-0.15, -0.1) is 0 Å². The number of rotatable bonds is 3. The van der Waals surface area contributed by atoms with Crippen LogP contribution in [0.3, 0.4) is 0 Å². The minimum absolute atomic E-state index is 0.680. The summed E-state index contributed by atoms with van der Waals surface area (Å²) >= 11 is 0. The fraction of sp³-hybridized carbons (Fsp3) is 0.385. The molecule has 0 N–H and O–H groups in total. The third-order valence-electron chi connectivity index (χ3n) is 2.26. The Morgan fingerprint density at radius 1 is 1.69 bits per heavy atom. The van der Waals surface area contributed by atoms with Crippen molar-refractivity contribution in [1.29, 1.82) is 0 Å². The summed E-state index contributed by atoms with van der Waals surface area (Å²) in [6.07, 6.45) is 13.2. The minimum Gasteiger partial charge on any atom is -0.0958 e. The van der Waals surface area contributed by atoms with Gasteiger partial charge in [0.25, 0.3) is 0 Å². The van der Waals surface area contributed by atoms with E-state index in [0.717, 1.165) is 6.42 Å². The first-order valence-corrected chi connectivity index (χ1v) is 4.96. The Balaban J connectivity index is 2.58. The molecule has 0 heterocycles. The molecular formula is C13H18. The highest BCUT2D eigenvalue weighted by Crippen LogP contribution is 2.17. The van der Waals surface area contributed by atoms with Gasteiger partial charge >= 0.3 is 0 Å². The molecule has 1 aliphatic rings. The summed E-state index contributed by atoms with van der Waals surface area (Å²) in [7, 11) is 0. The average Bonchev–Trinajstić information content (AvgIpc) is 2.14. The fourth-order valence-corrected chi connectivity index (χ4v) is 1.31. The van der Waals surface area contributed by atoms with Gasteiger partial charge in [-0.05, 0) is 24.3 Å². The van der Waals surface area contributed by atoms with Crippen molar-refractivity contribution >= 4 is 0 Å². The van der Waals surface area contributed by atoms with E-state index >= 15 is 0 Å². The Morgan fingerprint density at radius 2 is 2.46 bits per heavy atom. The molecule has 0 bridgehead atoms. The largest absolute Gasteiger partial charge is 0.0958 e. The number of hydrogen-bond acceptors (Lipinski definition) is 0. The van der Waals surface area contributed by atoms with Gasteiger partial charge in [-0.1, -0.05) is 56.4 Å². The fourth-order valence-electron chi connectivity index (χ4n) is 1.31. The van der Waals surface area contributed by atoms with Gasteiger partial charge in [0.1, 0.15) is 0 Å². The van der Waals surface area contributed by atoms with Gasteiger partial charge in [0.2, 0.25) is 0 Å². The van der Waals surface area contributed by atoms with E-state index in [-0.39, 0.29) is 0 Å². The molecule has 0 aromatic rings. The molecule has 1 atom stereocenters. The van der Waals surface area contributed by atoms with Crippen LogP contribution < -0.4 is 0 Å². The summed E-state index contributed by atoms with van der Waals surface area (Å²) in [5, 5.41) is 0. The summed E-state index contributed by atoms with van der Waals surface area (Å²) in [5.74, 6) is 0.680. The first-order chi connectivity index (χ1) is 6.22. The molecule has 0 spiro atoms. The molecule has 0 aromatic heterocycles. The van der Waals surface area contributed by atoms with E-state index < -0.39 is 0 Å². The molecule has 1 rings (SSSR count). The van der Waals surface area contributed by atoms with Crippen LogP contribution in [0.15, 0.2) is 48.1 Å². The Labute approximate surface area is 81.4 Å². The zero-order valence-electron chi connectivity index (χ0n) is 8.59. The lowest BCUT2D eigenvalue weighted by Crippen LogP contribution is -1.93. The first kappa shape index (κ1) is 10.0. The van der Waals surface area contributed by atoms with E-state index in [4.69, 9.17) is 0 Å². The second kappa shape index (κ2) is 4.86. The molecule has 0 heteroatoms. The van der Waals surface area contributed by atoms with Gasteiger partial charge in [-0.2, -0.15) is 0 Å². The van der Waals surface area contributed by atoms with Crippen molar-refractivity contribution in [2.45, 2.75) is 26.7 Å². The Kier molecular flexibility index (Phi) is 3.75. The highest BCUT2D eigenvalue weighted by Gasteiger charge is 2.00. The van der Waals surface area contributed by atoms with E-state index in [0.29, 0.717) is 5.92 Å². The van der Waals surface area contributed by atoms with Crippen LogP contribution in [0.1, 0.15) is 26.7 Å². The Morgan fingerprint density at radius 3 is 3.08 bits per heavy atom. The molecule has 0 amide bonds. The van der Waals surface area contributed by atoms with E-state index in [9.17, 15) is 0 Å². The third kappa shape index (κ3) is 3.45. The van der Waals surface area contributed by atoms with Crippen LogP contribution in [-0.2, 0) is 0 Å². The summed E-state index contributed by atoms with van der Waals surface area (Å²) in [6, 6.07) is 0. The van der Waals surface area contributed by atoms with Crippen molar-refractivity contribution in [2.75, 3.05) is 0 Å². The quantitative estimate of drug-likeness (QED) is 0.567. The van der Waals surface area contributed by atoms with Crippen LogP contribution in [0.2, 0.25) is 0 Å². The highest BCUT2D eigenvalue weighted by molar-refractivity contribution is 5.36. The monoisotopic (exact) mass is 174 g/mol. The summed E-state index contributed by atoms with van der Waals surface area (Å²) in [6.45, 7) is 8.31. The normalized spacial score (nSPS) is 22.0. The summed E-state index contributed by atoms with van der Waals surface area (Å²) in [5.41, 5.74) is 2.50. The minimum atomic E-state index is 0.680. The molecule has 1 unspecified atom stereocenters. The molecule has 0 nitrogen and oxygen atoms in total. The SMILES string of the molecule is C=C(C=CC1=CC(C)CC=C1)CC. The average molecular weight is 174 g/mol. The smallest absolute Gasteiger partial charge is 0.0218 e. The van der Waals surface area contributed by atoms with Gasteiger partial charge in [0.15, 0.2) is 0 Å². The lowest BCUT2D eigenvalue weighted by molar-refractivity contribution is 0.732. The summed E-state index contributed by atoms with van der Waals surface area (Å²) < 4.78 is 0. The Hall–Kier alpha value is -1.04. The lowest BCUT2D eigenvalue weighted by atomic mass is 9.97. The van der Waals surface area contributed by atoms with Crippen molar-refractivity contribution in [2.24, 2.45) is 5.92 Å². The molecule has 0 radical (unpaired) electrons. The lowest BCUT2D eigenvalue weighted by Gasteiger charge is -2.08. The van der Waals surface area contributed by atoms with Gasteiger partial charge in [-0.25, -0.2) is 0 Å². The van der Waals surface area contributed by atoms with Crippen LogP contribution in [0.4, 0.5) is 0 Å². The van der Waals surface area contributed by atoms with Crippen LogP contribution in [0.5, 0.6) is 0 Å². The second-order valence-electron chi connectivity index (χ2n) is 3.63. The van der Waals surface area contributed by atoms with Crippen LogP contribution in [0, 0.1) is 5.92 Å². The Bertz CT molecular complexity index is 264. The van der Waals surface area contributed by atoms with E-state index in [1.807, 2.05) is 0 Å². The zero-order chi connectivity index (χ0) is 9.68. The van der Waals surface area contributed by atoms with Gasteiger partial charge in [0.05, 0.1) is 0 Å². The third-order valence-corrected chi connectivity index (χ3v) is 2.26. The van der Waals surface area contributed by atoms with Crippen molar-refractivity contribution < 1.29 is 0 Å². The maximum absolute atomic E-state index is 3.94. The van der Waals surface area contributed by atoms with E-state index in [1.54, 1.807) is 0 Å². The van der Waals surface area contributed by atoms with E-state index in [1.165, 1.54) is 17.6 Å². The van der Waals surface area contributed by atoms with Crippen molar-refractivity contribution in [3.8, 4) is 0 Å². The zero-order valence-corrected chi connectivity index (χ0v) is 8.59. The number of hydrogen-bond donors (Lipinski definition) is 0.